The molecule has 10 nitrogen and oxygen atoms in total. The van der Waals surface area contributed by atoms with Crippen molar-refractivity contribution in [2.75, 3.05) is 62.9 Å². The molecule has 6 rings (SSSR count). The average Bonchev–Trinajstić information content (AvgIpc) is 3.36. The van der Waals surface area contributed by atoms with Crippen molar-refractivity contribution in [1.82, 2.24) is 19.8 Å². The Kier molecular flexibility index (Phi) is 7.84. The first-order chi connectivity index (χ1) is 19.8. The maximum absolute atomic E-state index is 13.4. The second kappa shape index (κ2) is 11.5. The third kappa shape index (κ3) is 5.38. The molecule has 1 aromatic carbocycles. The zero-order chi connectivity index (χ0) is 28.7. The van der Waals surface area contributed by atoms with Crippen LogP contribution in [-0.2, 0) is 22.4 Å². The minimum atomic E-state index is -0.00979. The number of rotatable bonds is 6. The van der Waals surface area contributed by atoms with Gasteiger partial charge in [-0.15, -0.1) is 11.3 Å². The Balaban J connectivity index is 1.30. The topological polar surface area (TPSA) is 124 Å². The minimum Gasteiger partial charge on any atom is -0.398 e. The van der Waals surface area contributed by atoms with Crippen molar-refractivity contribution in [3.63, 3.8) is 0 Å². The number of aromatic nitrogens is 2. The molecule has 2 fully saturated rings. The monoisotopic (exact) mass is 576 g/mol. The number of nitrogen functional groups attached to an aromatic ring is 1. The van der Waals surface area contributed by atoms with E-state index >= 15 is 0 Å². The van der Waals surface area contributed by atoms with Gasteiger partial charge in [0.25, 0.3) is 0 Å². The zero-order valence-electron chi connectivity index (χ0n) is 24.2. The van der Waals surface area contributed by atoms with E-state index in [0.29, 0.717) is 37.1 Å². The number of amides is 1. The van der Waals surface area contributed by atoms with E-state index in [9.17, 15) is 4.79 Å². The van der Waals surface area contributed by atoms with Crippen molar-refractivity contribution >= 4 is 56.6 Å². The number of hydrogen-bond donors (Lipinski definition) is 3. The van der Waals surface area contributed by atoms with Crippen LogP contribution in [-0.4, -0.2) is 90.9 Å². The lowest BCUT2D eigenvalue weighted by Crippen LogP contribution is -2.50. The molecule has 2 aliphatic heterocycles. The number of nitrogens with two attached hydrogens (primary N) is 1. The summed E-state index contributed by atoms with van der Waals surface area (Å²) in [5, 5.41) is 12.6. The molecule has 3 aromatic rings. The van der Waals surface area contributed by atoms with Crippen LogP contribution >= 0.6 is 11.3 Å². The van der Waals surface area contributed by atoms with Gasteiger partial charge in [-0.25, -0.2) is 9.97 Å². The van der Waals surface area contributed by atoms with Crippen molar-refractivity contribution in [3.8, 4) is 0 Å². The highest BCUT2D eigenvalue weighted by molar-refractivity contribution is 7.19. The normalized spacial score (nSPS) is 21.8. The van der Waals surface area contributed by atoms with E-state index in [0.717, 1.165) is 72.6 Å². The molecule has 2 atom stereocenters. The smallest absolute Gasteiger partial charge is 0.226 e. The van der Waals surface area contributed by atoms with E-state index < -0.39 is 0 Å². The molecule has 3 aliphatic rings. The molecule has 2 saturated heterocycles. The summed E-state index contributed by atoms with van der Waals surface area (Å²) in [7, 11) is 4.29. The SMILES string of the molecule is C[C@@H]1COCCN1C(=O)[C@H]1CCc2c(sc3ncnc(Nc4cc(C=N)c(N)cc4N4CCC(N(C)C)CC4)c23)C1. The van der Waals surface area contributed by atoms with E-state index in [1.54, 1.807) is 17.7 Å². The Morgan fingerprint density at radius 2 is 2.02 bits per heavy atom. The van der Waals surface area contributed by atoms with E-state index in [1.165, 1.54) is 16.7 Å². The van der Waals surface area contributed by atoms with Gasteiger partial charge < -0.3 is 35.9 Å². The molecule has 4 N–H and O–H groups in total. The fraction of sp³-hybridized carbons (Fsp3) is 0.533. The van der Waals surface area contributed by atoms with Gasteiger partial charge in [-0.3, -0.25) is 4.79 Å². The molecule has 0 unspecified atom stereocenters. The number of carbonyl (C=O) groups excluding carboxylic acids is 1. The van der Waals surface area contributed by atoms with Crippen LogP contribution in [0.4, 0.5) is 22.9 Å². The molecule has 41 heavy (non-hydrogen) atoms. The first-order valence-corrected chi connectivity index (χ1v) is 15.4. The van der Waals surface area contributed by atoms with Gasteiger partial charge in [0.1, 0.15) is 17.0 Å². The Morgan fingerprint density at radius 1 is 1.22 bits per heavy atom. The van der Waals surface area contributed by atoms with Crippen LogP contribution in [0.1, 0.15) is 42.2 Å². The predicted octanol–water partition coefficient (Wildman–Crippen LogP) is 3.90. The summed E-state index contributed by atoms with van der Waals surface area (Å²) in [4.78, 5) is 31.6. The molecule has 2 aromatic heterocycles. The number of fused-ring (bicyclic) bond motifs is 3. The van der Waals surface area contributed by atoms with Gasteiger partial charge in [0, 0.05) is 53.9 Å². The molecule has 218 valence electrons. The van der Waals surface area contributed by atoms with Crippen molar-refractivity contribution in [1.29, 1.82) is 5.41 Å². The number of aryl methyl sites for hydroxylation is 1. The molecule has 1 amide bonds. The Labute approximate surface area is 245 Å². The Morgan fingerprint density at radius 3 is 2.76 bits per heavy atom. The van der Waals surface area contributed by atoms with Gasteiger partial charge in [-0.1, -0.05) is 0 Å². The summed E-state index contributed by atoms with van der Waals surface area (Å²) in [6, 6.07) is 4.64. The molecule has 0 saturated carbocycles. The number of ether oxygens (including phenoxy) is 1. The molecule has 11 heteroatoms. The van der Waals surface area contributed by atoms with Gasteiger partial charge >= 0.3 is 0 Å². The summed E-state index contributed by atoms with van der Waals surface area (Å²) in [5.74, 6) is 1.01. The Bertz CT molecular complexity index is 1450. The van der Waals surface area contributed by atoms with Crippen LogP contribution in [0.25, 0.3) is 10.2 Å². The first-order valence-electron chi connectivity index (χ1n) is 14.6. The van der Waals surface area contributed by atoms with Crippen molar-refractivity contribution in [2.24, 2.45) is 5.92 Å². The quantitative estimate of drug-likeness (QED) is 0.298. The lowest BCUT2D eigenvalue weighted by atomic mass is 9.86. The summed E-state index contributed by atoms with van der Waals surface area (Å²) < 4.78 is 5.55. The van der Waals surface area contributed by atoms with Crippen molar-refractivity contribution in [2.45, 2.75) is 51.1 Å². The number of nitrogens with one attached hydrogen (secondary N) is 2. The zero-order valence-corrected chi connectivity index (χ0v) is 25.0. The molecule has 4 heterocycles. The molecular formula is C30H40N8O2S. The first kappa shape index (κ1) is 27.9. The van der Waals surface area contributed by atoms with Crippen LogP contribution in [0.5, 0.6) is 0 Å². The van der Waals surface area contributed by atoms with Crippen LogP contribution in [0, 0.1) is 11.3 Å². The Hall–Kier alpha value is -3.28. The molecule has 1 aliphatic carbocycles. The standard InChI is InChI=1S/C30H40N8O2S/c1-18-16-40-11-10-38(18)30(39)19-4-5-22-26(13-19)41-29-27(22)28(33-17-34-29)35-24-12-20(15-31)23(32)14-25(24)37-8-6-21(7-9-37)36(2)3/h12,14-15,17-19,21,31H,4-11,13,16,32H2,1-3H3,(H,33,34,35)/t18-,19+/m1/s1. The number of carbonyl (C=O) groups is 1. The third-order valence-electron chi connectivity index (χ3n) is 8.99. The van der Waals surface area contributed by atoms with Crippen LogP contribution in [0.15, 0.2) is 18.5 Å². The summed E-state index contributed by atoms with van der Waals surface area (Å²) in [6.07, 6.45) is 7.46. The lowest BCUT2D eigenvalue weighted by Gasteiger charge is -2.37. The lowest BCUT2D eigenvalue weighted by molar-refractivity contribution is -0.143. The number of hydrogen-bond acceptors (Lipinski definition) is 10. The number of morpholine rings is 1. The second-order valence-corrected chi connectivity index (χ2v) is 12.8. The van der Waals surface area contributed by atoms with Crippen molar-refractivity contribution in [3.05, 3.63) is 34.5 Å². The van der Waals surface area contributed by atoms with E-state index in [1.807, 2.05) is 17.0 Å². The second-order valence-electron chi connectivity index (χ2n) is 11.8. The summed E-state index contributed by atoms with van der Waals surface area (Å²) in [5.41, 5.74) is 10.8. The molecule has 0 radical (unpaired) electrons. The van der Waals surface area contributed by atoms with Crippen LogP contribution < -0.4 is 16.0 Å². The number of piperidine rings is 1. The molecule has 0 bridgehead atoms. The maximum Gasteiger partial charge on any atom is 0.226 e. The highest BCUT2D eigenvalue weighted by Gasteiger charge is 2.34. The average molecular weight is 577 g/mol. The van der Waals surface area contributed by atoms with Gasteiger partial charge in [0.15, 0.2) is 0 Å². The number of thiophene rings is 1. The van der Waals surface area contributed by atoms with E-state index in [-0.39, 0.29) is 17.9 Å². The molecule has 0 spiro atoms. The molecular weight excluding hydrogens is 536 g/mol. The third-order valence-corrected chi connectivity index (χ3v) is 10.2. The number of anilines is 4. The minimum absolute atomic E-state index is 0.00979. The highest BCUT2D eigenvalue weighted by Crippen LogP contribution is 2.42. The van der Waals surface area contributed by atoms with Crippen LogP contribution in [0.2, 0.25) is 0 Å². The maximum atomic E-state index is 13.4. The number of benzene rings is 1. The van der Waals surface area contributed by atoms with Crippen molar-refractivity contribution < 1.29 is 9.53 Å². The predicted molar refractivity (Wildman–Crippen MR) is 166 cm³/mol. The van der Waals surface area contributed by atoms with Gasteiger partial charge in [-0.05, 0) is 70.8 Å². The van der Waals surface area contributed by atoms with Gasteiger partial charge in [0.05, 0.1) is 36.0 Å². The van der Waals surface area contributed by atoms with Gasteiger partial charge in [0.2, 0.25) is 5.91 Å². The number of nitrogens with zero attached hydrogens (tertiary/aromatic N) is 5. The van der Waals surface area contributed by atoms with E-state index in [2.05, 4.69) is 41.1 Å². The largest absolute Gasteiger partial charge is 0.398 e. The highest BCUT2D eigenvalue weighted by atomic mass is 32.1. The van der Waals surface area contributed by atoms with E-state index in [4.69, 9.17) is 20.9 Å². The van der Waals surface area contributed by atoms with Crippen LogP contribution in [0.3, 0.4) is 0 Å². The fourth-order valence-corrected chi connectivity index (χ4v) is 7.83. The summed E-state index contributed by atoms with van der Waals surface area (Å²) in [6.45, 7) is 5.83. The van der Waals surface area contributed by atoms with Gasteiger partial charge in [-0.2, -0.15) is 0 Å². The fourth-order valence-electron chi connectivity index (χ4n) is 6.56. The summed E-state index contributed by atoms with van der Waals surface area (Å²) >= 11 is 1.68.